The molecular weight excluding hydrogens is 396 g/mol. The molecule has 2 heterocycles. The van der Waals surface area contributed by atoms with E-state index in [1.54, 1.807) is 35.8 Å². The summed E-state index contributed by atoms with van der Waals surface area (Å²) in [5, 5.41) is 4.51. The number of sulfonamides is 1. The Morgan fingerprint density at radius 3 is 2.61 bits per heavy atom. The first-order valence-electron chi connectivity index (χ1n) is 8.42. The van der Waals surface area contributed by atoms with Crippen LogP contribution in [-0.4, -0.2) is 33.4 Å². The van der Waals surface area contributed by atoms with Crippen molar-refractivity contribution >= 4 is 38.8 Å². The van der Waals surface area contributed by atoms with Gasteiger partial charge in [0.2, 0.25) is 0 Å². The smallest absolute Gasteiger partial charge is 0.271 e. The molecule has 0 saturated heterocycles. The van der Waals surface area contributed by atoms with Crippen LogP contribution in [0.5, 0.6) is 0 Å². The largest absolute Gasteiger partial charge is 0.363 e. The lowest BCUT2D eigenvalue weighted by molar-refractivity contribution is 0.0951. The second kappa shape index (κ2) is 8.41. The maximum atomic E-state index is 12.4. The average Bonchev–Trinajstić information content (AvgIpc) is 3.22. The lowest BCUT2D eigenvalue weighted by Gasteiger charge is -2.12. The summed E-state index contributed by atoms with van der Waals surface area (Å²) in [6.07, 6.45) is 1.71. The van der Waals surface area contributed by atoms with Crippen molar-refractivity contribution in [1.82, 2.24) is 10.3 Å². The number of aromatic nitrogens is 1. The van der Waals surface area contributed by atoms with E-state index >= 15 is 0 Å². The molecule has 2 N–H and O–H groups in total. The molecule has 3 rings (SSSR count). The maximum Gasteiger partial charge on any atom is 0.271 e. The third-order valence-electron chi connectivity index (χ3n) is 3.86. The zero-order chi connectivity index (χ0) is 20.1. The van der Waals surface area contributed by atoms with E-state index < -0.39 is 10.0 Å². The molecule has 1 amide bonds. The highest BCUT2D eigenvalue weighted by molar-refractivity contribution is 7.94. The predicted molar refractivity (Wildman–Crippen MR) is 111 cm³/mol. The van der Waals surface area contributed by atoms with E-state index in [1.165, 1.54) is 12.1 Å². The second-order valence-electron chi connectivity index (χ2n) is 6.22. The lowest BCUT2D eigenvalue weighted by atomic mass is 10.2. The Bertz CT molecular complexity index is 1050. The SMILES string of the molecule is CN(C)c1ccc(CNC(=O)c2cccc(NS(=O)(=O)c3cccs3)c2)cn1. The molecule has 146 valence electrons. The summed E-state index contributed by atoms with van der Waals surface area (Å²) < 4.78 is 27.3. The summed E-state index contributed by atoms with van der Waals surface area (Å²) in [5.74, 6) is 0.537. The Morgan fingerprint density at radius 1 is 1.14 bits per heavy atom. The highest BCUT2D eigenvalue weighted by atomic mass is 32.2. The summed E-state index contributed by atoms with van der Waals surface area (Å²) in [6, 6.07) is 13.3. The monoisotopic (exact) mass is 416 g/mol. The van der Waals surface area contributed by atoms with Crippen LogP contribution in [0, 0.1) is 0 Å². The van der Waals surface area contributed by atoms with Crippen LogP contribution in [0.3, 0.4) is 0 Å². The molecule has 1 aromatic carbocycles. The molecule has 7 nitrogen and oxygen atoms in total. The van der Waals surface area contributed by atoms with Crippen LogP contribution in [0.2, 0.25) is 0 Å². The second-order valence-corrected chi connectivity index (χ2v) is 9.08. The molecule has 2 aromatic heterocycles. The summed E-state index contributed by atoms with van der Waals surface area (Å²) in [4.78, 5) is 18.6. The van der Waals surface area contributed by atoms with Crippen molar-refractivity contribution in [2.75, 3.05) is 23.7 Å². The minimum absolute atomic E-state index is 0.219. The number of nitrogens with one attached hydrogen (secondary N) is 2. The van der Waals surface area contributed by atoms with Gasteiger partial charge in [0.1, 0.15) is 10.0 Å². The number of amides is 1. The van der Waals surface area contributed by atoms with Gasteiger partial charge in [0.15, 0.2) is 0 Å². The number of nitrogens with zero attached hydrogens (tertiary/aromatic N) is 2. The molecule has 0 unspecified atom stereocenters. The number of anilines is 2. The molecule has 28 heavy (non-hydrogen) atoms. The summed E-state index contributed by atoms with van der Waals surface area (Å²) in [7, 11) is 0.158. The molecule has 0 fully saturated rings. The summed E-state index contributed by atoms with van der Waals surface area (Å²) in [5.41, 5.74) is 1.57. The van der Waals surface area contributed by atoms with Crippen LogP contribution in [0.4, 0.5) is 11.5 Å². The van der Waals surface area contributed by atoms with Crippen LogP contribution in [0.1, 0.15) is 15.9 Å². The van der Waals surface area contributed by atoms with E-state index in [9.17, 15) is 13.2 Å². The Labute approximate surface area is 168 Å². The summed E-state index contributed by atoms with van der Waals surface area (Å²) in [6.45, 7) is 0.324. The van der Waals surface area contributed by atoms with Crippen LogP contribution in [-0.2, 0) is 16.6 Å². The highest BCUT2D eigenvalue weighted by Gasteiger charge is 2.16. The fourth-order valence-electron chi connectivity index (χ4n) is 2.42. The number of hydrogen-bond acceptors (Lipinski definition) is 6. The van der Waals surface area contributed by atoms with Crippen molar-refractivity contribution in [2.24, 2.45) is 0 Å². The van der Waals surface area contributed by atoms with Crippen molar-refractivity contribution in [2.45, 2.75) is 10.8 Å². The van der Waals surface area contributed by atoms with Crippen LogP contribution >= 0.6 is 11.3 Å². The Morgan fingerprint density at radius 2 is 1.96 bits per heavy atom. The zero-order valence-corrected chi connectivity index (χ0v) is 17.0. The van der Waals surface area contributed by atoms with E-state index in [-0.39, 0.29) is 10.1 Å². The molecule has 0 saturated carbocycles. The first kappa shape index (κ1) is 19.8. The number of carbonyl (C=O) groups excluding carboxylic acids is 1. The molecule has 0 radical (unpaired) electrons. The minimum atomic E-state index is -3.65. The Hall–Kier alpha value is -2.91. The van der Waals surface area contributed by atoms with E-state index in [0.29, 0.717) is 17.8 Å². The van der Waals surface area contributed by atoms with Gasteiger partial charge in [-0.25, -0.2) is 13.4 Å². The number of benzene rings is 1. The fourth-order valence-corrected chi connectivity index (χ4v) is 4.46. The standard InChI is InChI=1S/C19H20N4O3S2/c1-23(2)17-9-8-14(12-20-17)13-21-19(24)15-5-3-6-16(11-15)22-28(25,26)18-7-4-10-27-18/h3-12,22H,13H2,1-2H3,(H,21,24). The quantitative estimate of drug-likeness (QED) is 0.618. The average molecular weight is 417 g/mol. The number of thiophene rings is 1. The van der Waals surface area contributed by atoms with Gasteiger partial charge in [0.25, 0.3) is 15.9 Å². The topological polar surface area (TPSA) is 91.4 Å². The summed E-state index contributed by atoms with van der Waals surface area (Å²) >= 11 is 1.13. The normalized spacial score (nSPS) is 11.1. The minimum Gasteiger partial charge on any atom is -0.363 e. The van der Waals surface area contributed by atoms with Gasteiger partial charge in [0, 0.05) is 38.1 Å². The molecule has 9 heteroatoms. The highest BCUT2D eigenvalue weighted by Crippen LogP contribution is 2.21. The van der Waals surface area contributed by atoms with E-state index in [0.717, 1.165) is 22.7 Å². The van der Waals surface area contributed by atoms with Crippen LogP contribution in [0.15, 0.2) is 64.3 Å². The Kier molecular flexibility index (Phi) is 5.96. The van der Waals surface area contributed by atoms with Gasteiger partial charge in [-0.1, -0.05) is 18.2 Å². The van der Waals surface area contributed by atoms with Crippen LogP contribution in [0.25, 0.3) is 0 Å². The number of carbonyl (C=O) groups is 1. The van der Waals surface area contributed by atoms with E-state index in [2.05, 4.69) is 15.0 Å². The zero-order valence-electron chi connectivity index (χ0n) is 15.4. The third kappa shape index (κ3) is 4.87. The lowest BCUT2D eigenvalue weighted by Crippen LogP contribution is -2.23. The molecule has 0 aliphatic rings. The molecule has 0 aliphatic heterocycles. The molecule has 3 aromatic rings. The molecule has 0 atom stereocenters. The van der Waals surface area contributed by atoms with Gasteiger partial charge in [-0.2, -0.15) is 0 Å². The van der Waals surface area contributed by atoms with Gasteiger partial charge in [-0.05, 0) is 41.3 Å². The van der Waals surface area contributed by atoms with Crippen molar-refractivity contribution in [1.29, 1.82) is 0 Å². The fraction of sp³-hybridized carbons (Fsp3) is 0.158. The first-order chi connectivity index (χ1) is 13.3. The van der Waals surface area contributed by atoms with Gasteiger partial charge in [-0.15, -0.1) is 11.3 Å². The predicted octanol–water partition coefficient (Wildman–Crippen LogP) is 2.94. The third-order valence-corrected chi connectivity index (χ3v) is 6.64. The van der Waals surface area contributed by atoms with Crippen molar-refractivity contribution in [3.63, 3.8) is 0 Å². The van der Waals surface area contributed by atoms with Crippen molar-refractivity contribution in [3.8, 4) is 0 Å². The van der Waals surface area contributed by atoms with Crippen molar-refractivity contribution in [3.05, 3.63) is 71.2 Å². The molecule has 0 bridgehead atoms. The molecule has 0 aliphatic carbocycles. The van der Waals surface area contributed by atoms with E-state index in [4.69, 9.17) is 0 Å². The van der Waals surface area contributed by atoms with Gasteiger partial charge < -0.3 is 10.2 Å². The maximum absolute atomic E-state index is 12.4. The van der Waals surface area contributed by atoms with Crippen molar-refractivity contribution < 1.29 is 13.2 Å². The van der Waals surface area contributed by atoms with Gasteiger partial charge in [0.05, 0.1) is 0 Å². The van der Waals surface area contributed by atoms with Gasteiger partial charge in [-0.3, -0.25) is 9.52 Å². The number of hydrogen-bond donors (Lipinski definition) is 2. The molecular formula is C19H20N4O3S2. The van der Waals surface area contributed by atoms with Gasteiger partial charge >= 0.3 is 0 Å². The first-order valence-corrected chi connectivity index (χ1v) is 10.8. The molecule has 0 spiro atoms. The Balaban J connectivity index is 1.65. The van der Waals surface area contributed by atoms with E-state index in [1.807, 2.05) is 31.1 Å². The number of pyridine rings is 1. The van der Waals surface area contributed by atoms with Crippen LogP contribution < -0.4 is 14.9 Å². The number of rotatable bonds is 7.